The number of sulfonamides is 1. The Bertz CT molecular complexity index is 1380. The number of hydrogen-bond donors (Lipinski definition) is 1. The van der Waals surface area contributed by atoms with Crippen LogP contribution in [0.3, 0.4) is 0 Å². The Hall–Kier alpha value is -3.72. The Morgan fingerprint density at radius 3 is 2.10 bits per heavy atom. The van der Waals surface area contributed by atoms with Crippen molar-refractivity contribution in [2.45, 2.75) is 58.5 Å². The standard InChI is InChI=1S/C32H40FN3O4S/c1-5-6-20-34-32(38)30(21-25-10-8-7-9-11-25)35(22-26-12-16-28(33)17-13-26)31(37)23-36(41(4,39)40)29-18-14-27(15-19-29)24(2)3/h7-19,24,30H,5-6,20-23H2,1-4H3,(H,34,38)/t30-/m1/s1. The summed E-state index contributed by atoms with van der Waals surface area (Å²) in [5, 5.41) is 2.94. The fourth-order valence-electron chi connectivity index (χ4n) is 4.49. The molecular formula is C32H40FN3O4S. The van der Waals surface area contributed by atoms with Gasteiger partial charge in [0.05, 0.1) is 11.9 Å². The zero-order valence-corrected chi connectivity index (χ0v) is 25.0. The average Bonchev–Trinajstić information content (AvgIpc) is 2.94. The Balaban J connectivity index is 2.02. The molecule has 0 aliphatic carbocycles. The number of hydrogen-bond acceptors (Lipinski definition) is 4. The summed E-state index contributed by atoms with van der Waals surface area (Å²) in [4.78, 5) is 29.0. The first kappa shape index (κ1) is 31.8. The van der Waals surface area contributed by atoms with Gasteiger partial charge in [-0.3, -0.25) is 13.9 Å². The van der Waals surface area contributed by atoms with Gasteiger partial charge in [0, 0.05) is 19.5 Å². The van der Waals surface area contributed by atoms with Crippen LogP contribution in [0, 0.1) is 5.82 Å². The maximum Gasteiger partial charge on any atom is 0.244 e. The van der Waals surface area contributed by atoms with Crippen LogP contribution in [-0.4, -0.2) is 50.5 Å². The predicted octanol–water partition coefficient (Wildman–Crippen LogP) is 5.27. The van der Waals surface area contributed by atoms with E-state index in [0.29, 0.717) is 17.8 Å². The van der Waals surface area contributed by atoms with E-state index in [0.717, 1.165) is 34.5 Å². The smallest absolute Gasteiger partial charge is 0.244 e. The van der Waals surface area contributed by atoms with Crippen LogP contribution in [0.2, 0.25) is 0 Å². The van der Waals surface area contributed by atoms with Crippen molar-refractivity contribution in [3.8, 4) is 0 Å². The molecule has 3 rings (SSSR count). The third-order valence-corrected chi connectivity index (χ3v) is 8.03. The van der Waals surface area contributed by atoms with E-state index in [1.54, 1.807) is 24.3 Å². The normalized spacial score (nSPS) is 12.1. The van der Waals surface area contributed by atoms with Crippen molar-refractivity contribution >= 4 is 27.5 Å². The second kappa shape index (κ2) is 14.8. The molecular weight excluding hydrogens is 541 g/mol. The Kier molecular flexibility index (Phi) is 11.5. The van der Waals surface area contributed by atoms with Gasteiger partial charge in [0.2, 0.25) is 21.8 Å². The molecule has 0 aliphatic rings. The lowest BCUT2D eigenvalue weighted by Gasteiger charge is -2.33. The number of carbonyl (C=O) groups is 2. The molecule has 7 nitrogen and oxygen atoms in total. The number of benzene rings is 3. The van der Waals surface area contributed by atoms with Crippen molar-refractivity contribution in [1.29, 1.82) is 0 Å². The minimum atomic E-state index is -3.84. The Labute approximate surface area is 243 Å². The van der Waals surface area contributed by atoms with Crippen LogP contribution in [0.25, 0.3) is 0 Å². The predicted molar refractivity (Wildman–Crippen MR) is 162 cm³/mol. The molecule has 2 amide bonds. The van der Waals surface area contributed by atoms with Crippen LogP contribution >= 0.6 is 0 Å². The summed E-state index contributed by atoms with van der Waals surface area (Å²) in [7, 11) is -3.84. The van der Waals surface area contributed by atoms with Gasteiger partial charge in [-0.25, -0.2) is 12.8 Å². The SMILES string of the molecule is CCCCNC(=O)[C@@H](Cc1ccccc1)N(Cc1ccc(F)cc1)C(=O)CN(c1ccc(C(C)C)cc1)S(C)(=O)=O. The van der Waals surface area contributed by atoms with Crippen LogP contribution in [-0.2, 0) is 32.6 Å². The Morgan fingerprint density at radius 1 is 0.902 bits per heavy atom. The maximum absolute atomic E-state index is 14.1. The molecule has 1 N–H and O–H groups in total. The van der Waals surface area contributed by atoms with E-state index >= 15 is 0 Å². The zero-order valence-electron chi connectivity index (χ0n) is 24.2. The highest BCUT2D eigenvalue weighted by molar-refractivity contribution is 7.92. The number of carbonyl (C=O) groups excluding carboxylic acids is 2. The van der Waals surface area contributed by atoms with Gasteiger partial charge < -0.3 is 10.2 Å². The van der Waals surface area contributed by atoms with E-state index in [-0.39, 0.29) is 24.8 Å². The topological polar surface area (TPSA) is 86.8 Å². The van der Waals surface area contributed by atoms with Crippen molar-refractivity contribution in [2.75, 3.05) is 23.7 Å². The van der Waals surface area contributed by atoms with E-state index in [4.69, 9.17) is 0 Å². The molecule has 0 bridgehead atoms. The van der Waals surface area contributed by atoms with Crippen molar-refractivity contribution in [1.82, 2.24) is 10.2 Å². The van der Waals surface area contributed by atoms with E-state index in [9.17, 15) is 22.4 Å². The van der Waals surface area contributed by atoms with Crippen LogP contribution in [0.15, 0.2) is 78.9 Å². The van der Waals surface area contributed by atoms with Gasteiger partial charge in [0.25, 0.3) is 0 Å². The third kappa shape index (κ3) is 9.42. The summed E-state index contributed by atoms with van der Waals surface area (Å²) in [6.07, 6.45) is 2.96. The number of rotatable bonds is 14. The molecule has 0 radical (unpaired) electrons. The number of nitrogens with zero attached hydrogens (tertiary/aromatic N) is 2. The number of halogens is 1. The number of anilines is 1. The fraction of sp³-hybridized carbons (Fsp3) is 0.375. The summed E-state index contributed by atoms with van der Waals surface area (Å²) in [6.45, 7) is 6.07. The molecule has 0 spiro atoms. The molecule has 41 heavy (non-hydrogen) atoms. The third-order valence-electron chi connectivity index (χ3n) is 6.89. The molecule has 0 saturated carbocycles. The fourth-order valence-corrected chi connectivity index (χ4v) is 5.34. The largest absolute Gasteiger partial charge is 0.354 e. The maximum atomic E-state index is 14.1. The molecule has 0 saturated heterocycles. The van der Waals surface area contributed by atoms with Crippen molar-refractivity contribution in [3.63, 3.8) is 0 Å². The minimum absolute atomic E-state index is 0.00169. The van der Waals surface area contributed by atoms with Gasteiger partial charge in [0.1, 0.15) is 18.4 Å². The lowest BCUT2D eigenvalue weighted by Crippen LogP contribution is -2.53. The highest BCUT2D eigenvalue weighted by atomic mass is 32.2. The second-order valence-corrected chi connectivity index (χ2v) is 12.4. The van der Waals surface area contributed by atoms with Gasteiger partial charge in [-0.05, 0) is 53.3 Å². The molecule has 9 heteroatoms. The first-order valence-electron chi connectivity index (χ1n) is 13.9. The first-order chi connectivity index (χ1) is 19.5. The van der Waals surface area contributed by atoms with Gasteiger partial charge in [-0.1, -0.05) is 81.8 Å². The first-order valence-corrected chi connectivity index (χ1v) is 15.8. The molecule has 0 aromatic heterocycles. The number of nitrogens with one attached hydrogen (secondary N) is 1. The molecule has 220 valence electrons. The molecule has 0 heterocycles. The van der Waals surface area contributed by atoms with Gasteiger partial charge >= 0.3 is 0 Å². The molecule has 0 unspecified atom stereocenters. The average molecular weight is 582 g/mol. The lowest BCUT2D eigenvalue weighted by molar-refractivity contribution is -0.140. The van der Waals surface area contributed by atoms with Gasteiger partial charge in [-0.15, -0.1) is 0 Å². The van der Waals surface area contributed by atoms with Crippen molar-refractivity contribution < 1.29 is 22.4 Å². The molecule has 0 aliphatic heterocycles. The number of amides is 2. The van der Waals surface area contributed by atoms with Crippen LogP contribution in [0.1, 0.15) is 56.2 Å². The minimum Gasteiger partial charge on any atom is -0.354 e. The van der Waals surface area contributed by atoms with Gasteiger partial charge in [-0.2, -0.15) is 0 Å². The zero-order chi connectivity index (χ0) is 30.0. The van der Waals surface area contributed by atoms with E-state index in [2.05, 4.69) is 5.32 Å². The summed E-state index contributed by atoms with van der Waals surface area (Å²) in [6, 6.07) is 21.2. The van der Waals surface area contributed by atoms with Crippen LogP contribution in [0.5, 0.6) is 0 Å². The van der Waals surface area contributed by atoms with E-state index in [1.807, 2.05) is 63.2 Å². The van der Waals surface area contributed by atoms with Crippen molar-refractivity contribution in [2.24, 2.45) is 0 Å². The monoisotopic (exact) mass is 581 g/mol. The quantitative estimate of drug-likeness (QED) is 0.263. The van der Waals surface area contributed by atoms with Crippen molar-refractivity contribution in [3.05, 3.63) is 101 Å². The second-order valence-electron chi connectivity index (χ2n) is 10.5. The van der Waals surface area contributed by atoms with Crippen LogP contribution < -0.4 is 9.62 Å². The summed E-state index contributed by atoms with van der Waals surface area (Å²) in [5.74, 6) is -1.03. The van der Waals surface area contributed by atoms with E-state index < -0.39 is 34.3 Å². The summed E-state index contributed by atoms with van der Waals surface area (Å²) < 4.78 is 40.6. The summed E-state index contributed by atoms with van der Waals surface area (Å²) >= 11 is 0. The molecule has 3 aromatic rings. The highest BCUT2D eigenvalue weighted by Crippen LogP contribution is 2.23. The Morgan fingerprint density at radius 2 is 1.54 bits per heavy atom. The summed E-state index contributed by atoms with van der Waals surface area (Å²) in [5.41, 5.74) is 2.87. The van der Waals surface area contributed by atoms with Gasteiger partial charge in [0.15, 0.2) is 0 Å². The number of unbranched alkanes of at least 4 members (excludes halogenated alkanes) is 1. The molecule has 1 atom stereocenters. The molecule has 3 aromatic carbocycles. The highest BCUT2D eigenvalue weighted by Gasteiger charge is 2.33. The van der Waals surface area contributed by atoms with E-state index in [1.165, 1.54) is 17.0 Å². The van der Waals surface area contributed by atoms with Crippen LogP contribution in [0.4, 0.5) is 10.1 Å². The lowest BCUT2D eigenvalue weighted by atomic mass is 10.0. The molecule has 0 fully saturated rings.